The van der Waals surface area contributed by atoms with Crippen LogP contribution in [0.25, 0.3) is 0 Å². The standard InChI is InChI=1S/C13H19NO4S/c1-9-5-6-11(10(7-9)12(15)16)14-19(17,18)8-13(2,3)4/h5-7,14H,8H2,1-4H3,(H,15,16). The summed E-state index contributed by atoms with van der Waals surface area (Å²) >= 11 is 0. The fourth-order valence-corrected chi connectivity index (χ4v) is 3.42. The predicted octanol–water partition coefficient (Wildman–Crippen LogP) is 2.48. The van der Waals surface area contributed by atoms with Gasteiger partial charge in [0.15, 0.2) is 0 Å². The summed E-state index contributed by atoms with van der Waals surface area (Å²) in [7, 11) is -3.57. The van der Waals surface area contributed by atoms with Gasteiger partial charge < -0.3 is 5.11 Å². The molecule has 0 unspecified atom stereocenters. The molecule has 0 aliphatic heterocycles. The molecule has 0 bridgehead atoms. The Hall–Kier alpha value is -1.56. The minimum absolute atomic E-state index is 0.0440. The summed E-state index contributed by atoms with van der Waals surface area (Å²) in [6.45, 7) is 7.16. The highest BCUT2D eigenvalue weighted by Crippen LogP contribution is 2.22. The number of carboxylic acids is 1. The summed E-state index contributed by atoms with van der Waals surface area (Å²) < 4.78 is 26.3. The number of nitrogens with one attached hydrogen (secondary N) is 1. The van der Waals surface area contributed by atoms with E-state index in [1.165, 1.54) is 12.1 Å². The molecule has 0 spiro atoms. The molecule has 0 radical (unpaired) electrons. The zero-order valence-electron chi connectivity index (χ0n) is 11.5. The smallest absolute Gasteiger partial charge is 0.337 e. The van der Waals surface area contributed by atoms with E-state index in [-0.39, 0.29) is 17.0 Å². The maximum Gasteiger partial charge on any atom is 0.337 e. The van der Waals surface area contributed by atoms with Crippen LogP contribution in [0.2, 0.25) is 0 Å². The first kappa shape index (κ1) is 15.5. The Morgan fingerprint density at radius 3 is 2.37 bits per heavy atom. The van der Waals surface area contributed by atoms with Crippen LogP contribution in [0.15, 0.2) is 18.2 Å². The Morgan fingerprint density at radius 1 is 1.32 bits per heavy atom. The van der Waals surface area contributed by atoms with Crippen molar-refractivity contribution in [2.24, 2.45) is 5.41 Å². The molecule has 0 saturated heterocycles. The van der Waals surface area contributed by atoms with Crippen molar-refractivity contribution in [2.45, 2.75) is 27.7 Å². The summed E-state index contributed by atoms with van der Waals surface area (Å²) in [5.41, 5.74) is 0.413. The molecule has 19 heavy (non-hydrogen) atoms. The second kappa shape index (κ2) is 5.21. The lowest BCUT2D eigenvalue weighted by Crippen LogP contribution is -2.26. The highest BCUT2D eigenvalue weighted by atomic mass is 32.2. The SMILES string of the molecule is Cc1ccc(NS(=O)(=O)CC(C)(C)C)c(C(=O)O)c1. The van der Waals surface area contributed by atoms with Gasteiger partial charge in [-0.05, 0) is 24.5 Å². The Balaban J connectivity index is 3.10. The van der Waals surface area contributed by atoms with Gasteiger partial charge in [-0.1, -0.05) is 32.4 Å². The summed E-state index contributed by atoms with van der Waals surface area (Å²) in [5, 5.41) is 9.08. The molecule has 0 saturated carbocycles. The minimum atomic E-state index is -3.57. The third-order valence-electron chi connectivity index (χ3n) is 2.29. The Morgan fingerprint density at radius 2 is 1.89 bits per heavy atom. The van der Waals surface area contributed by atoms with Crippen molar-refractivity contribution in [1.82, 2.24) is 0 Å². The molecular formula is C13H19NO4S. The largest absolute Gasteiger partial charge is 0.478 e. The first-order chi connectivity index (χ1) is 8.50. The highest BCUT2D eigenvalue weighted by Gasteiger charge is 2.23. The molecule has 1 aromatic carbocycles. The molecule has 106 valence electrons. The molecular weight excluding hydrogens is 266 g/mol. The molecule has 0 heterocycles. The molecule has 6 heteroatoms. The molecule has 0 aromatic heterocycles. The summed E-state index contributed by atoms with van der Waals surface area (Å²) in [6, 6.07) is 4.58. The van der Waals surface area contributed by atoms with Crippen molar-refractivity contribution in [3.8, 4) is 0 Å². The second-order valence-electron chi connectivity index (χ2n) is 5.78. The first-order valence-corrected chi connectivity index (χ1v) is 7.50. The lowest BCUT2D eigenvalue weighted by molar-refractivity contribution is 0.0698. The van der Waals surface area contributed by atoms with E-state index in [1.807, 2.05) is 0 Å². The second-order valence-corrected chi connectivity index (χ2v) is 7.50. The van der Waals surface area contributed by atoms with Crippen molar-refractivity contribution >= 4 is 21.7 Å². The number of carbonyl (C=O) groups is 1. The number of rotatable bonds is 4. The molecule has 5 nitrogen and oxygen atoms in total. The van der Waals surface area contributed by atoms with Crippen molar-refractivity contribution in [1.29, 1.82) is 0 Å². The van der Waals surface area contributed by atoms with Crippen LogP contribution in [0.1, 0.15) is 36.7 Å². The number of anilines is 1. The van der Waals surface area contributed by atoms with Gasteiger partial charge in [-0.25, -0.2) is 13.2 Å². The van der Waals surface area contributed by atoms with Gasteiger partial charge >= 0.3 is 5.97 Å². The molecule has 0 aliphatic carbocycles. The third kappa shape index (κ3) is 4.90. The minimum Gasteiger partial charge on any atom is -0.478 e. The van der Waals surface area contributed by atoms with Crippen molar-refractivity contribution in [2.75, 3.05) is 10.5 Å². The van der Waals surface area contributed by atoms with Gasteiger partial charge in [-0.3, -0.25) is 4.72 Å². The Kier molecular flexibility index (Phi) is 4.25. The maximum atomic E-state index is 12.0. The molecule has 1 aromatic rings. The average molecular weight is 285 g/mol. The quantitative estimate of drug-likeness (QED) is 0.890. The molecule has 0 aliphatic rings. The zero-order valence-corrected chi connectivity index (χ0v) is 12.3. The third-order valence-corrected chi connectivity index (χ3v) is 4.07. The Labute approximate surface area is 113 Å². The van der Waals surface area contributed by atoms with E-state index >= 15 is 0 Å². The van der Waals surface area contributed by atoms with Gasteiger partial charge in [0.25, 0.3) is 0 Å². The van der Waals surface area contributed by atoms with E-state index < -0.39 is 21.4 Å². The lowest BCUT2D eigenvalue weighted by atomic mass is 10.0. The summed E-state index contributed by atoms with van der Waals surface area (Å²) in [6.07, 6.45) is 0. The van der Waals surface area contributed by atoms with Crippen molar-refractivity contribution < 1.29 is 18.3 Å². The van der Waals surface area contributed by atoms with E-state index in [1.54, 1.807) is 33.8 Å². The molecule has 1 rings (SSSR count). The van der Waals surface area contributed by atoms with Crippen LogP contribution in [0.4, 0.5) is 5.69 Å². The summed E-state index contributed by atoms with van der Waals surface area (Å²) in [4.78, 5) is 11.1. The van der Waals surface area contributed by atoms with Crippen molar-refractivity contribution in [3.05, 3.63) is 29.3 Å². The number of sulfonamides is 1. The molecule has 2 N–H and O–H groups in total. The Bertz CT molecular complexity index is 585. The number of benzene rings is 1. The van der Waals surface area contributed by atoms with Crippen LogP contribution >= 0.6 is 0 Å². The van der Waals surface area contributed by atoms with Crippen LogP contribution in [-0.4, -0.2) is 25.2 Å². The van der Waals surface area contributed by atoms with Crippen molar-refractivity contribution in [3.63, 3.8) is 0 Å². The van der Waals surface area contributed by atoms with Gasteiger partial charge in [0.1, 0.15) is 0 Å². The summed E-state index contributed by atoms with van der Waals surface area (Å²) in [5.74, 6) is -1.23. The monoisotopic (exact) mass is 285 g/mol. The fraction of sp³-hybridized carbons (Fsp3) is 0.462. The van der Waals surface area contributed by atoms with Gasteiger partial charge in [-0.15, -0.1) is 0 Å². The number of hydrogen-bond acceptors (Lipinski definition) is 3. The van der Waals surface area contributed by atoms with Crippen LogP contribution < -0.4 is 4.72 Å². The topological polar surface area (TPSA) is 83.5 Å². The van der Waals surface area contributed by atoms with E-state index in [9.17, 15) is 13.2 Å². The fourth-order valence-electron chi connectivity index (χ4n) is 1.70. The maximum absolute atomic E-state index is 12.0. The highest BCUT2D eigenvalue weighted by molar-refractivity contribution is 7.92. The first-order valence-electron chi connectivity index (χ1n) is 5.85. The number of carboxylic acid groups (broad SMARTS) is 1. The number of aromatic carboxylic acids is 1. The van der Waals surface area contributed by atoms with Gasteiger partial charge in [0.05, 0.1) is 17.0 Å². The van der Waals surface area contributed by atoms with E-state index in [2.05, 4.69) is 4.72 Å². The normalized spacial score (nSPS) is 12.2. The van der Waals surface area contributed by atoms with Gasteiger partial charge in [-0.2, -0.15) is 0 Å². The van der Waals surface area contributed by atoms with Gasteiger partial charge in [0, 0.05) is 0 Å². The average Bonchev–Trinajstić information content (AvgIpc) is 2.16. The van der Waals surface area contributed by atoms with Gasteiger partial charge in [0.2, 0.25) is 10.0 Å². The van der Waals surface area contributed by atoms with E-state index in [0.717, 1.165) is 5.56 Å². The molecule has 0 fully saturated rings. The number of aryl methyl sites for hydroxylation is 1. The predicted molar refractivity (Wildman–Crippen MR) is 75.0 cm³/mol. The van der Waals surface area contributed by atoms with Crippen LogP contribution in [0.3, 0.4) is 0 Å². The van der Waals surface area contributed by atoms with E-state index in [4.69, 9.17) is 5.11 Å². The molecule has 0 atom stereocenters. The lowest BCUT2D eigenvalue weighted by Gasteiger charge is -2.19. The molecule has 0 amide bonds. The number of hydrogen-bond donors (Lipinski definition) is 2. The van der Waals surface area contributed by atoms with Crippen LogP contribution in [-0.2, 0) is 10.0 Å². The van der Waals surface area contributed by atoms with Crippen LogP contribution in [0, 0.1) is 12.3 Å². The van der Waals surface area contributed by atoms with Crippen LogP contribution in [0.5, 0.6) is 0 Å². The van der Waals surface area contributed by atoms with E-state index in [0.29, 0.717) is 0 Å². The zero-order chi connectivity index (χ0) is 14.8.